The number of ketones is 4. The minimum Gasteiger partial charge on any atom is -0.507 e. The molecule has 0 bridgehead atoms. The van der Waals surface area contributed by atoms with Crippen LogP contribution in [-0.2, 0) is 30.4 Å². The third-order valence-corrected chi connectivity index (χ3v) is 6.60. The van der Waals surface area contributed by atoms with E-state index >= 15 is 0 Å². The van der Waals surface area contributed by atoms with Crippen molar-refractivity contribution in [3.8, 4) is 5.75 Å². The molecular formula is C21H20N2O8. The molecule has 3 aliphatic rings. The van der Waals surface area contributed by atoms with Gasteiger partial charge in [-0.1, -0.05) is 0 Å². The highest BCUT2D eigenvalue weighted by atomic mass is 16.3. The lowest BCUT2D eigenvalue weighted by atomic mass is 9.54. The van der Waals surface area contributed by atoms with Crippen LogP contribution < -0.4 is 11.1 Å². The summed E-state index contributed by atoms with van der Waals surface area (Å²) >= 11 is 0. The van der Waals surface area contributed by atoms with Gasteiger partial charge < -0.3 is 21.3 Å². The number of primary amides is 1. The van der Waals surface area contributed by atoms with Crippen molar-refractivity contribution < 1.29 is 39.0 Å². The van der Waals surface area contributed by atoms with Gasteiger partial charge in [0, 0.05) is 24.9 Å². The summed E-state index contributed by atoms with van der Waals surface area (Å²) in [6.45, 7) is 1.28. The fraction of sp³-hybridized carbons (Fsp3) is 0.429. The second-order valence-electron chi connectivity index (χ2n) is 8.41. The Morgan fingerprint density at radius 2 is 1.81 bits per heavy atom. The highest BCUT2D eigenvalue weighted by Crippen LogP contribution is 2.50. The van der Waals surface area contributed by atoms with Gasteiger partial charge in [-0.3, -0.25) is 28.8 Å². The van der Waals surface area contributed by atoms with Gasteiger partial charge in [-0.15, -0.1) is 0 Å². The van der Waals surface area contributed by atoms with Crippen LogP contribution >= 0.6 is 0 Å². The van der Waals surface area contributed by atoms with E-state index in [9.17, 15) is 39.0 Å². The molecule has 0 spiro atoms. The highest BCUT2D eigenvalue weighted by molar-refractivity contribution is 6.31. The number of carbonyl (C=O) groups excluding carboxylic acids is 6. The van der Waals surface area contributed by atoms with Crippen LogP contribution in [0, 0.1) is 23.7 Å². The third kappa shape index (κ3) is 2.82. The zero-order chi connectivity index (χ0) is 22.8. The number of nitrogens with two attached hydrogens (primary N) is 1. The first kappa shape index (κ1) is 20.9. The summed E-state index contributed by atoms with van der Waals surface area (Å²) in [5, 5.41) is 23.9. The summed E-state index contributed by atoms with van der Waals surface area (Å²) < 4.78 is 0. The molecule has 162 valence electrons. The smallest absolute Gasteiger partial charge is 0.235 e. The van der Waals surface area contributed by atoms with E-state index in [0.717, 1.165) is 0 Å². The molecule has 2 amide bonds. The fourth-order valence-electron chi connectivity index (χ4n) is 5.27. The van der Waals surface area contributed by atoms with E-state index in [1.165, 1.54) is 19.1 Å². The molecule has 1 aromatic rings. The molecule has 0 radical (unpaired) electrons. The van der Waals surface area contributed by atoms with Crippen molar-refractivity contribution in [3.05, 3.63) is 23.3 Å². The number of phenols is 1. The zero-order valence-corrected chi connectivity index (χ0v) is 16.5. The zero-order valence-electron chi connectivity index (χ0n) is 16.5. The van der Waals surface area contributed by atoms with E-state index in [0.29, 0.717) is 11.3 Å². The number of rotatable bonds is 2. The SMILES string of the molecule is CC(=O)Nc1ccc(O)c2c1C[C@H]1C[C@H]3CC(=O)C(C(N)=O)C(=O)[C@@]3(O)C(=O)C1C2=O. The van der Waals surface area contributed by atoms with E-state index in [-0.39, 0.29) is 18.4 Å². The van der Waals surface area contributed by atoms with Crippen LogP contribution in [-0.4, -0.2) is 50.8 Å². The molecule has 0 aliphatic heterocycles. The Hall–Kier alpha value is -3.40. The number of anilines is 1. The second-order valence-corrected chi connectivity index (χ2v) is 8.41. The van der Waals surface area contributed by atoms with Crippen molar-refractivity contribution in [1.82, 2.24) is 0 Å². The molecular weight excluding hydrogens is 408 g/mol. The van der Waals surface area contributed by atoms with E-state index in [1.54, 1.807) is 0 Å². The number of carbonyl (C=O) groups is 6. The Kier molecular flexibility index (Phi) is 4.58. The van der Waals surface area contributed by atoms with Crippen LogP contribution in [0.2, 0.25) is 0 Å². The molecule has 31 heavy (non-hydrogen) atoms. The van der Waals surface area contributed by atoms with E-state index < -0.39 is 76.4 Å². The minimum atomic E-state index is -2.67. The molecule has 4 rings (SSSR count). The second kappa shape index (κ2) is 6.81. The Morgan fingerprint density at radius 3 is 2.42 bits per heavy atom. The molecule has 3 aliphatic carbocycles. The summed E-state index contributed by atoms with van der Waals surface area (Å²) in [6.07, 6.45) is -0.295. The number of phenolic OH excluding ortho intramolecular Hbond substituents is 1. The topological polar surface area (TPSA) is 181 Å². The largest absolute Gasteiger partial charge is 0.507 e. The quantitative estimate of drug-likeness (QED) is 0.352. The molecule has 5 N–H and O–H groups in total. The van der Waals surface area contributed by atoms with Crippen molar-refractivity contribution in [2.45, 2.75) is 31.8 Å². The lowest BCUT2D eigenvalue weighted by Gasteiger charge is -2.48. The normalized spacial score (nSPS) is 32.1. The van der Waals surface area contributed by atoms with Crippen LogP contribution in [0.15, 0.2) is 12.1 Å². The van der Waals surface area contributed by atoms with Crippen molar-refractivity contribution in [1.29, 1.82) is 0 Å². The van der Waals surface area contributed by atoms with E-state index in [4.69, 9.17) is 5.73 Å². The molecule has 0 aromatic heterocycles. The van der Waals surface area contributed by atoms with Crippen LogP contribution in [0.5, 0.6) is 5.75 Å². The molecule has 10 heteroatoms. The van der Waals surface area contributed by atoms with Gasteiger partial charge in [0.25, 0.3) is 0 Å². The number of benzene rings is 1. The highest BCUT2D eigenvalue weighted by Gasteiger charge is 2.66. The van der Waals surface area contributed by atoms with Crippen LogP contribution in [0.3, 0.4) is 0 Å². The molecule has 0 saturated heterocycles. The van der Waals surface area contributed by atoms with Gasteiger partial charge in [0.1, 0.15) is 5.75 Å². The lowest BCUT2D eigenvalue weighted by Crippen LogP contribution is -2.68. The van der Waals surface area contributed by atoms with Crippen LogP contribution in [0.1, 0.15) is 35.7 Å². The van der Waals surface area contributed by atoms with Gasteiger partial charge in [-0.2, -0.15) is 0 Å². The molecule has 5 atom stereocenters. The lowest BCUT2D eigenvalue weighted by molar-refractivity contribution is -0.175. The Morgan fingerprint density at radius 1 is 1.13 bits per heavy atom. The minimum absolute atomic E-state index is 0.00375. The first-order valence-electron chi connectivity index (χ1n) is 9.78. The molecule has 0 heterocycles. The summed E-state index contributed by atoms with van der Waals surface area (Å²) in [7, 11) is 0. The van der Waals surface area contributed by atoms with Crippen molar-refractivity contribution in [3.63, 3.8) is 0 Å². The van der Waals surface area contributed by atoms with E-state index in [2.05, 4.69) is 5.32 Å². The van der Waals surface area contributed by atoms with Gasteiger partial charge in [0.15, 0.2) is 34.7 Å². The molecule has 2 saturated carbocycles. The van der Waals surface area contributed by atoms with Gasteiger partial charge in [0.2, 0.25) is 11.8 Å². The molecule has 1 aromatic carbocycles. The number of hydrogen-bond acceptors (Lipinski definition) is 8. The maximum absolute atomic E-state index is 13.3. The number of hydrogen-bond donors (Lipinski definition) is 4. The van der Waals surface area contributed by atoms with Gasteiger partial charge in [-0.05, 0) is 36.5 Å². The maximum atomic E-state index is 13.3. The third-order valence-electron chi connectivity index (χ3n) is 6.60. The number of aromatic hydroxyl groups is 1. The number of aliphatic hydroxyl groups is 1. The predicted molar refractivity (Wildman–Crippen MR) is 103 cm³/mol. The Balaban J connectivity index is 1.81. The van der Waals surface area contributed by atoms with Crippen LogP contribution in [0.4, 0.5) is 5.69 Å². The predicted octanol–water partition coefficient (Wildman–Crippen LogP) is -0.715. The monoisotopic (exact) mass is 428 g/mol. The van der Waals surface area contributed by atoms with Gasteiger partial charge in [-0.25, -0.2) is 0 Å². The number of Topliss-reactive ketones (excluding diaryl/α,β-unsaturated/α-hetero) is 4. The average Bonchev–Trinajstić information content (AvgIpc) is 2.66. The molecule has 2 unspecified atom stereocenters. The number of nitrogens with one attached hydrogen (secondary N) is 1. The van der Waals surface area contributed by atoms with Gasteiger partial charge in [0.05, 0.1) is 11.5 Å². The fourth-order valence-corrected chi connectivity index (χ4v) is 5.27. The number of fused-ring (bicyclic) bond motifs is 3. The first-order chi connectivity index (χ1) is 14.5. The standard InChI is InChI=1S/C21H20N2O8/c1-7(24)23-11-2-3-12(25)15-10(11)5-8-4-9-6-13(26)16(20(22)30)19(29)21(9,31)18(28)14(8)17(15)27/h2-3,8-9,14,16,25,31H,4-6H2,1H3,(H2,22,30)(H,23,24)/t8-,9+,14?,16?,21+/m1/s1. The van der Waals surface area contributed by atoms with Crippen LogP contribution in [0.25, 0.3) is 0 Å². The summed E-state index contributed by atoms with van der Waals surface area (Å²) in [4.78, 5) is 74.8. The Bertz CT molecular complexity index is 1090. The molecule has 10 nitrogen and oxygen atoms in total. The van der Waals surface area contributed by atoms with Crippen molar-refractivity contribution in [2.75, 3.05) is 5.32 Å². The van der Waals surface area contributed by atoms with Crippen molar-refractivity contribution in [2.24, 2.45) is 29.4 Å². The number of amides is 2. The van der Waals surface area contributed by atoms with E-state index in [1.807, 2.05) is 0 Å². The van der Waals surface area contributed by atoms with Gasteiger partial charge >= 0.3 is 0 Å². The molecule has 2 fully saturated rings. The summed E-state index contributed by atoms with van der Waals surface area (Å²) in [5.41, 5.74) is 2.96. The average molecular weight is 428 g/mol. The first-order valence-corrected chi connectivity index (χ1v) is 9.78. The Labute approximate surface area is 175 Å². The van der Waals surface area contributed by atoms with Crippen molar-refractivity contribution >= 4 is 40.6 Å². The maximum Gasteiger partial charge on any atom is 0.235 e. The summed E-state index contributed by atoms with van der Waals surface area (Å²) in [5.74, 6) is -11.1. The summed E-state index contributed by atoms with van der Waals surface area (Å²) in [6, 6.07) is 2.65.